The molecule has 0 unspecified atom stereocenters. The van der Waals surface area contributed by atoms with Crippen molar-refractivity contribution >= 4 is 10.0 Å². The summed E-state index contributed by atoms with van der Waals surface area (Å²) in [7, 11) is -4.06. The topological polar surface area (TPSA) is 66.4 Å². The van der Waals surface area contributed by atoms with Crippen LogP contribution in [0.4, 0.5) is 8.78 Å². The van der Waals surface area contributed by atoms with Gasteiger partial charge in [-0.3, -0.25) is 0 Å². The molecule has 1 fully saturated rings. The van der Waals surface area contributed by atoms with Gasteiger partial charge >= 0.3 is 0 Å². The number of hydrogen-bond donors (Lipinski definition) is 2. The molecule has 1 aromatic rings. The van der Waals surface area contributed by atoms with Gasteiger partial charge in [0.1, 0.15) is 10.7 Å². The average Bonchev–Trinajstić information content (AvgIpc) is 2.41. The molecule has 0 amide bonds. The zero-order valence-corrected chi connectivity index (χ0v) is 12.6. The normalized spacial score (nSPS) is 23.2. The van der Waals surface area contributed by atoms with Gasteiger partial charge in [0, 0.05) is 6.04 Å². The van der Waals surface area contributed by atoms with Crippen LogP contribution in [0.5, 0.6) is 0 Å². The highest BCUT2D eigenvalue weighted by molar-refractivity contribution is 7.89. The van der Waals surface area contributed by atoms with Crippen molar-refractivity contribution in [3.63, 3.8) is 0 Å². The monoisotopic (exact) mass is 319 g/mol. The first-order valence-corrected chi connectivity index (χ1v) is 8.43. The van der Waals surface area contributed by atoms with E-state index in [1.54, 1.807) is 0 Å². The molecule has 0 aliphatic heterocycles. The van der Waals surface area contributed by atoms with E-state index in [2.05, 4.69) is 11.6 Å². The Morgan fingerprint density at radius 2 is 1.86 bits per heavy atom. The number of aliphatic hydroxyl groups is 1. The van der Waals surface area contributed by atoms with Gasteiger partial charge in [-0.2, -0.15) is 0 Å². The van der Waals surface area contributed by atoms with Gasteiger partial charge in [-0.1, -0.05) is 6.92 Å². The van der Waals surface area contributed by atoms with Crippen LogP contribution in [0, 0.1) is 17.6 Å². The molecular weight excluding hydrogens is 300 g/mol. The van der Waals surface area contributed by atoms with Crippen molar-refractivity contribution < 1.29 is 22.3 Å². The molecule has 0 heterocycles. The summed E-state index contributed by atoms with van der Waals surface area (Å²) in [6, 6.07) is 1.51. The summed E-state index contributed by atoms with van der Waals surface area (Å²) >= 11 is 0. The van der Waals surface area contributed by atoms with E-state index >= 15 is 0 Å². The predicted molar refractivity (Wildman–Crippen MR) is 74.0 cm³/mol. The van der Waals surface area contributed by atoms with Gasteiger partial charge in [0.25, 0.3) is 0 Å². The Morgan fingerprint density at radius 3 is 2.43 bits per heavy atom. The van der Waals surface area contributed by atoms with Gasteiger partial charge in [0.15, 0.2) is 5.82 Å². The molecule has 7 heteroatoms. The zero-order chi connectivity index (χ0) is 15.6. The van der Waals surface area contributed by atoms with Gasteiger partial charge in [-0.15, -0.1) is 0 Å². The van der Waals surface area contributed by atoms with Crippen LogP contribution in [0.3, 0.4) is 0 Å². The SMILES string of the molecule is CC1CCC(NS(=O)(=O)c2ccc(F)c(CO)c2F)CC1. The van der Waals surface area contributed by atoms with Crippen LogP contribution in [-0.2, 0) is 16.6 Å². The van der Waals surface area contributed by atoms with E-state index in [1.165, 1.54) is 0 Å². The quantitative estimate of drug-likeness (QED) is 0.895. The third-order valence-corrected chi connectivity index (χ3v) is 5.47. The van der Waals surface area contributed by atoms with Crippen molar-refractivity contribution in [3.8, 4) is 0 Å². The van der Waals surface area contributed by atoms with Crippen LogP contribution in [0.2, 0.25) is 0 Å². The number of benzene rings is 1. The minimum atomic E-state index is -4.06. The molecule has 0 spiro atoms. The smallest absolute Gasteiger partial charge is 0.243 e. The molecule has 0 aromatic heterocycles. The summed E-state index contributed by atoms with van der Waals surface area (Å²) in [6.45, 7) is 1.22. The maximum atomic E-state index is 14.0. The highest BCUT2D eigenvalue weighted by Gasteiger charge is 2.27. The van der Waals surface area contributed by atoms with Crippen LogP contribution in [0.1, 0.15) is 38.2 Å². The van der Waals surface area contributed by atoms with Crippen molar-refractivity contribution in [2.45, 2.75) is 50.2 Å². The van der Waals surface area contributed by atoms with Crippen LogP contribution in [0.25, 0.3) is 0 Å². The van der Waals surface area contributed by atoms with Gasteiger partial charge < -0.3 is 5.11 Å². The van der Waals surface area contributed by atoms with Gasteiger partial charge in [-0.05, 0) is 43.7 Å². The van der Waals surface area contributed by atoms with Gasteiger partial charge in [0.05, 0.1) is 12.2 Å². The van der Waals surface area contributed by atoms with Crippen molar-refractivity contribution in [1.29, 1.82) is 0 Å². The van der Waals surface area contributed by atoms with Crippen LogP contribution < -0.4 is 4.72 Å². The minimum Gasteiger partial charge on any atom is -0.391 e. The Morgan fingerprint density at radius 1 is 1.24 bits per heavy atom. The van der Waals surface area contributed by atoms with E-state index in [4.69, 9.17) is 5.11 Å². The Hall–Kier alpha value is -1.05. The van der Waals surface area contributed by atoms with E-state index in [9.17, 15) is 17.2 Å². The van der Waals surface area contributed by atoms with E-state index in [0.29, 0.717) is 18.8 Å². The standard InChI is InChI=1S/C14H19F2NO3S/c1-9-2-4-10(5-3-9)17-21(19,20)13-7-6-12(15)11(8-18)14(13)16/h6-7,9-10,17-18H,2-5,8H2,1H3. The minimum absolute atomic E-state index is 0.228. The lowest BCUT2D eigenvalue weighted by atomic mass is 9.88. The first-order chi connectivity index (χ1) is 9.85. The predicted octanol–water partition coefficient (Wildman–Crippen LogP) is 2.31. The van der Waals surface area contributed by atoms with Gasteiger partial charge in [-0.25, -0.2) is 21.9 Å². The number of nitrogens with one attached hydrogen (secondary N) is 1. The summed E-state index contributed by atoms with van der Waals surface area (Å²) in [6.07, 6.45) is 3.24. The second-order valence-electron chi connectivity index (χ2n) is 5.57. The van der Waals surface area contributed by atoms with Crippen molar-refractivity contribution in [3.05, 3.63) is 29.3 Å². The number of halogens is 2. The van der Waals surface area contributed by atoms with E-state index < -0.39 is 38.7 Å². The molecule has 1 aliphatic carbocycles. The molecule has 2 N–H and O–H groups in total. The maximum absolute atomic E-state index is 14.0. The maximum Gasteiger partial charge on any atom is 0.243 e. The number of hydrogen-bond acceptors (Lipinski definition) is 3. The third kappa shape index (κ3) is 3.59. The zero-order valence-electron chi connectivity index (χ0n) is 11.8. The number of rotatable bonds is 4. The fourth-order valence-corrected chi connectivity index (χ4v) is 4.00. The lowest BCUT2D eigenvalue weighted by Gasteiger charge is -2.26. The number of aliphatic hydroxyl groups excluding tert-OH is 1. The van der Waals surface area contributed by atoms with Crippen LogP contribution in [0.15, 0.2) is 17.0 Å². The lowest BCUT2D eigenvalue weighted by molar-refractivity contribution is 0.267. The Labute approximate surface area is 123 Å². The van der Waals surface area contributed by atoms with Gasteiger partial charge in [0.2, 0.25) is 10.0 Å². The summed E-state index contributed by atoms with van der Waals surface area (Å²) in [5.41, 5.74) is -0.629. The highest BCUT2D eigenvalue weighted by atomic mass is 32.2. The fourth-order valence-electron chi connectivity index (χ4n) is 2.59. The third-order valence-electron chi connectivity index (χ3n) is 3.94. The molecule has 4 nitrogen and oxygen atoms in total. The Bertz CT molecular complexity index is 611. The van der Waals surface area contributed by atoms with Crippen molar-refractivity contribution in [2.75, 3.05) is 0 Å². The molecule has 0 atom stereocenters. The largest absolute Gasteiger partial charge is 0.391 e. The summed E-state index contributed by atoms with van der Waals surface area (Å²) in [5.74, 6) is -1.62. The summed E-state index contributed by atoms with van der Waals surface area (Å²) in [4.78, 5) is -0.619. The highest BCUT2D eigenvalue weighted by Crippen LogP contribution is 2.26. The lowest BCUT2D eigenvalue weighted by Crippen LogP contribution is -2.37. The first-order valence-electron chi connectivity index (χ1n) is 6.95. The second-order valence-corrected chi connectivity index (χ2v) is 7.26. The van der Waals surface area contributed by atoms with Crippen LogP contribution >= 0.6 is 0 Å². The van der Waals surface area contributed by atoms with Crippen molar-refractivity contribution in [2.24, 2.45) is 5.92 Å². The molecule has 0 bridgehead atoms. The molecule has 1 aromatic carbocycles. The number of sulfonamides is 1. The fraction of sp³-hybridized carbons (Fsp3) is 0.571. The molecule has 0 radical (unpaired) electrons. The van der Waals surface area contributed by atoms with E-state index in [-0.39, 0.29) is 6.04 Å². The Balaban J connectivity index is 2.24. The second kappa shape index (κ2) is 6.37. The molecule has 1 aliphatic rings. The Kier molecular flexibility index (Phi) is 4.95. The molecule has 118 valence electrons. The molecule has 0 saturated heterocycles. The molecule has 1 saturated carbocycles. The van der Waals surface area contributed by atoms with Crippen molar-refractivity contribution in [1.82, 2.24) is 4.72 Å². The average molecular weight is 319 g/mol. The molecular formula is C14H19F2NO3S. The summed E-state index contributed by atoms with van der Waals surface area (Å²) in [5, 5.41) is 8.94. The van der Waals surface area contributed by atoms with Crippen LogP contribution in [-0.4, -0.2) is 19.6 Å². The molecule has 2 rings (SSSR count). The van der Waals surface area contributed by atoms with E-state index in [1.807, 2.05) is 0 Å². The first kappa shape index (κ1) is 16.3. The summed E-state index contributed by atoms with van der Waals surface area (Å²) < 4.78 is 54.3. The molecule has 21 heavy (non-hydrogen) atoms. The van der Waals surface area contributed by atoms with E-state index in [0.717, 1.165) is 25.0 Å².